The number of nitrogens with two attached hydrogens (primary N) is 1. The second kappa shape index (κ2) is 5.35. The number of hydrogen-bond acceptors (Lipinski definition) is 6. The van der Waals surface area contributed by atoms with Gasteiger partial charge in [-0.25, -0.2) is 0 Å². The van der Waals surface area contributed by atoms with Gasteiger partial charge in [0, 0.05) is 5.41 Å². The van der Waals surface area contributed by atoms with E-state index >= 15 is 0 Å². The maximum atomic E-state index is 12.4. The maximum Gasteiger partial charge on any atom is 0.265 e. The molecule has 0 saturated heterocycles. The Morgan fingerprint density at radius 2 is 2.20 bits per heavy atom. The number of amides is 1. The van der Waals surface area contributed by atoms with E-state index in [9.17, 15) is 4.79 Å². The summed E-state index contributed by atoms with van der Waals surface area (Å²) in [6, 6.07) is -0.428. The third-order valence-corrected chi connectivity index (χ3v) is 3.94. The van der Waals surface area contributed by atoms with Gasteiger partial charge in [0.25, 0.3) is 5.91 Å². The van der Waals surface area contributed by atoms with Crippen LogP contribution < -0.4 is 11.1 Å². The molecule has 0 aromatic carbocycles. The summed E-state index contributed by atoms with van der Waals surface area (Å²) in [6.45, 7) is 5.92. The van der Waals surface area contributed by atoms with E-state index in [0.29, 0.717) is 10.6 Å². The van der Waals surface area contributed by atoms with Gasteiger partial charge in [0.2, 0.25) is 0 Å². The number of nitrogens with one attached hydrogen (secondary N) is 1. The third kappa shape index (κ3) is 3.06. The monoisotopic (exact) mass is 297 g/mol. The zero-order valence-corrected chi connectivity index (χ0v) is 12.6. The van der Waals surface area contributed by atoms with E-state index in [2.05, 4.69) is 20.1 Å². The lowest BCUT2D eigenvalue weighted by Crippen LogP contribution is -2.46. The van der Waals surface area contributed by atoms with Gasteiger partial charge in [-0.3, -0.25) is 4.79 Å². The summed E-state index contributed by atoms with van der Waals surface area (Å²) in [5.41, 5.74) is 6.04. The van der Waals surface area contributed by atoms with Crippen LogP contribution in [0.5, 0.6) is 0 Å². The van der Waals surface area contributed by atoms with Crippen molar-refractivity contribution in [1.82, 2.24) is 14.9 Å². The van der Waals surface area contributed by atoms with Crippen LogP contribution in [0.1, 0.15) is 49.0 Å². The van der Waals surface area contributed by atoms with E-state index in [4.69, 9.17) is 10.9 Å². The van der Waals surface area contributed by atoms with E-state index in [1.54, 1.807) is 0 Å². The smallest absolute Gasteiger partial charge is 0.265 e. The first-order valence-electron chi connectivity index (χ1n) is 6.45. The highest BCUT2D eigenvalue weighted by molar-refractivity contribution is 7.08. The highest BCUT2D eigenvalue weighted by Gasteiger charge is 2.36. The Morgan fingerprint density at radius 1 is 1.55 bits per heavy atom. The summed E-state index contributed by atoms with van der Waals surface area (Å²) in [4.78, 5) is 12.8. The molecular formula is C12H19N5O2S. The largest absolute Gasteiger partial charge is 0.409 e. The van der Waals surface area contributed by atoms with Crippen molar-refractivity contribution in [3.8, 4) is 0 Å². The average Bonchev–Trinajstić information content (AvgIpc) is 3.08. The normalized spacial score (nSPS) is 17.9. The fourth-order valence-electron chi connectivity index (χ4n) is 1.96. The number of carbonyl (C=O) groups is 1. The topological polar surface area (TPSA) is 113 Å². The average molecular weight is 297 g/mol. The number of hydrogen-bond donors (Lipinski definition) is 3. The van der Waals surface area contributed by atoms with Gasteiger partial charge in [0.15, 0.2) is 5.84 Å². The summed E-state index contributed by atoms with van der Waals surface area (Å²) in [6.07, 6.45) is 1.93. The molecule has 1 fully saturated rings. The molecule has 20 heavy (non-hydrogen) atoms. The number of carbonyl (C=O) groups excluding carboxylic acids is 1. The van der Waals surface area contributed by atoms with Crippen LogP contribution in [0.15, 0.2) is 5.16 Å². The molecule has 1 amide bonds. The van der Waals surface area contributed by atoms with E-state index in [1.165, 1.54) is 0 Å². The van der Waals surface area contributed by atoms with E-state index in [-0.39, 0.29) is 23.1 Å². The molecule has 110 valence electrons. The predicted molar refractivity (Wildman–Crippen MR) is 76.0 cm³/mol. The van der Waals surface area contributed by atoms with Crippen LogP contribution in [-0.2, 0) is 5.41 Å². The first-order chi connectivity index (χ1) is 9.34. The van der Waals surface area contributed by atoms with Crippen molar-refractivity contribution in [3.05, 3.63) is 10.6 Å². The van der Waals surface area contributed by atoms with E-state index < -0.39 is 6.04 Å². The summed E-state index contributed by atoms with van der Waals surface area (Å²) in [5.74, 6) is 0.0119. The van der Waals surface area contributed by atoms with Gasteiger partial charge in [-0.2, -0.15) is 0 Å². The minimum absolute atomic E-state index is 0.0376. The minimum Gasteiger partial charge on any atom is -0.409 e. The molecule has 1 aromatic heterocycles. The Labute approximate surface area is 121 Å². The first-order valence-corrected chi connectivity index (χ1v) is 7.23. The van der Waals surface area contributed by atoms with Gasteiger partial charge < -0.3 is 16.3 Å². The molecular weight excluding hydrogens is 278 g/mol. The molecule has 0 aliphatic heterocycles. The lowest BCUT2D eigenvalue weighted by Gasteiger charge is -2.19. The molecule has 4 N–H and O–H groups in total. The van der Waals surface area contributed by atoms with Crippen molar-refractivity contribution >= 4 is 23.3 Å². The number of rotatable bonds is 4. The molecule has 0 spiro atoms. The molecule has 1 atom stereocenters. The Kier molecular flexibility index (Phi) is 3.94. The molecule has 2 rings (SSSR count). The fourth-order valence-corrected chi connectivity index (χ4v) is 2.74. The molecule has 8 heteroatoms. The highest BCUT2D eigenvalue weighted by atomic mass is 32.1. The second-order valence-corrected chi connectivity index (χ2v) is 6.77. The van der Waals surface area contributed by atoms with Gasteiger partial charge in [0.1, 0.15) is 4.88 Å². The number of oxime groups is 1. The van der Waals surface area contributed by atoms with Crippen molar-refractivity contribution < 1.29 is 10.0 Å². The van der Waals surface area contributed by atoms with Crippen molar-refractivity contribution in [1.29, 1.82) is 0 Å². The Hall–Kier alpha value is -1.70. The third-order valence-electron chi connectivity index (χ3n) is 3.22. The van der Waals surface area contributed by atoms with E-state index in [0.717, 1.165) is 24.4 Å². The summed E-state index contributed by atoms with van der Waals surface area (Å²) < 4.78 is 3.86. The van der Waals surface area contributed by atoms with Gasteiger partial charge in [0.05, 0.1) is 11.7 Å². The number of nitrogens with zero attached hydrogens (tertiary/aromatic N) is 3. The first kappa shape index (κ1) is 14.7. The molecule has 0 radical (unpaired) electrons. The molecule has 1 aromatic rings. The van der Waals surface area contributed by atoms with Crippen molar-refractivity contribution in [2.75, 3.05) is 0 Å². The van der Waals surface area contributed by atoms with Crippen LogP contribution in [-0.4, -0.2) is 32.6 Å². The number of aromatic nitrogens is 2. The van der Waals surface area contributed by atoms with Crippen molar-refractivity contribution in [3.63, 3.8) is 0 Å². The second-order valence-electron chi connectivity index (χ2n) is 6.01. The molecule has 1 aliphatic carbocycles. The molecule has 1 aliphatic rings. The highest BCUT2D eigenvalue weighted by Crippen LogP contribution is 2.33. The van der Waals surface area contributed by atoms with Crippen LogP contribution in [0.4, 0.5) is 0 Å². The molecule has 1 saturated carbocycles. The van der Waals surface area contributed by atoms with Crippen LogP contribution >= 0.6 is 11.5 Å². The molecule has 1 heterocycles. The predicted octanol–water partition coefficient (Wildman–Crippen LogP) is 1.09. The van der Waals surface area contributed by atoms with Crippen LogP contribution in [0, 0.1) is 5.92 Å². The van der Waals surface area contributed by atoms with Crippen LogP contribution in [0.2, 0.25) is 0 Å². The van der Waals surface area contributed by atoms with Gasteiger partial charge in [-0.15, -0.1) is 5.10 Å². The van der Waals surface area contributed by atoms with Crippen LogP contribution in [0.25, 0.3) is 0 Å². The van der Waals surface area contributed by atoms with E-state index in [1.807, 2.05) is 20.8 Å². The zero-order valence-electron chi connectivity index (χ0n) is 11.8. The Balaban J connectivity index is 2.18. The summed E-state index contributed by atoms with van der Waals surface area (Å²) >= 11 is 1.06. The lowest BCUT2D eigenvalue weighted by atomic mass is 9.91. The van der Waals surface area contributed by atoms with Crippen molar-refractivity contribution in [2.24, 2.45) is 16.8 Å². The summed E-state index contributed by atoms with van der Waals surface area (Å²) in [7, 11) is 0. The van der Waals surface area contributed by atoms with Gasteiger partial charge in [-0.05, 0) is 30.3 Å². The fraction of sp³-hybridized carbons (Fsp3) is 0.667. The quantitative estimate of drug-likeness (QED) is 0.333. The molecule has 1 unspecified atom stereocenters. The molecule has 7 nitrogen and oxygen atoms in total. The minimum atomic E-state index is -0.428. The Bertz CT molecular complexity index is 530. The molecule has 0 bridgehead atoms. The maximum absolute atomic E-state index is 12.4. The number of amidine groups is 1. The van der Waals surface area contributed by atoms with Crippen molar-refractivity contribution in [2.45, 2.75) is 45.1 Å². The standard InChI is InChI=1S/C12H19N5O2S/c1-12(2,3)9-8(20-17-15-9)11(18)14-7(6-4-5-6)10(13)16-19/h6-7,19H,4-5H2,1-3H3,(H2,13,16)(H,14,18). The van der Waals surface area contributed by atoms with Gasteiger partial charge >= 0.3 is 0 Å². The zero-order chi connectivity index (χ0) is 14.9. The van der Waals surface area contributed by atoms with Crippen LogP contribution in [0.3, 0.4) is 0 Å². The SMILES string of the molecule is CC(C)(C)c1nnsc1C(=O)NC(C(N)=NO)C1CC1. The van der Waals surface area contributed by atoms with Gasteiger partial charge in [-0.1, -0.05) is 30.4 Å². The summed E-state index contributed by atoms with van der Waals surface area (Å²) in [5, 5.41) is 18.7. The lowest BCUT2D eigenvalue weighted by molar-refractivity contribution is 0.0944. The Morgan fingerprint density at radius 3 is 2.70 bits per heavy atom.